The number of hydrogen-bond acceptors (Lipinski definition) is 5. The first-order chi connectivity index (χ1) is 14.1. The summed E-state index contributed by atoms with van der Waals surface area (Å²) >= 11 is 0. The molecule has 2 aromatic carbocycles. The molecule has 0 aromatic heterocycles. The first-order valence-corrected chi connectivity index (χ1v) is 9.34. The Bertz CT molecular complexity index is 865. The summed E-state index contributed by atoms with van der Waals surface area (Å²) < 4.78 is 15.8. The average molecular weight is 399 g/mol. The van der Waals surface area contributed by atoms with Crippen LogP contribution in [-0.2, 0) is 11.3 Å². The monoisotopic (exact) mass is 399 g/mol. The standard InChI is InChI=1S/C21H25N3O5/c1-27-16-7-8-19(28-2)15(13-16)14-22-21(26)23-18-6-4-3-5-17(18)20(25)24-9-11-29-12-10-24/h3-8,13H,9-12,14H2,1-2H3,(H2,22,23,26). The van der Waals surface area contributed by atoms with Crippen LogP contribution in [0.4, 0.5) is 10.5 Å². The number of carbonyl (C=O) groups excluding carboxylic acids is 2. The second-order valence-corrected chi connectivity index (χ2v) is 6.44. The predicted molar refractivity (Wildman–Crippen MR) is 109 cm³/mol. The van der Waals surface area contributed by atoms with Crippen LogP contribution in [-0.4, -0.2) is 57.4 Å². The number of nitrogens with zero attached hydrogens (tertiary/aromatic N) is 1. The van der Waals surface area contributed by atoms with Gasteiger partial charge < -0.3 is 29.7 Å². The molecule has 1 fully saturated rings. The van der Waals surface area contributed by atoms with E-state index in [9.17, 15) is 9.59 Å². The van der Waals surface area contributed by atoms with Crippen LogP contribution >= 0.6 is 0 Å². The Morgan fingerprint density at radius 3 is 2.55 bits per heavy atom. The van der Waals surface area contributed by atoms with Crippen molar-refractivity contribution >= 4 is 17.6 Å². The SMILES string of the molecule is COc1ccc(OC)c(CNC(=O)Nc2ccccc2C(=O)N2CCOCC2)c1. The van der Waals surface area contributed by atoms with Crippen molar-refractivity contribution in [2.75, 3.05) is 45.8 Å². The first-order valence-electron chi connectivity index (χ1n) is 9.34. The van der Waals surface area contributed by atoms with E-state index in [1.54, 1.807) is 61.6 Å². The molecule has 1 saturated heterocycles. The van der Waals surface area contributed by atoms with E-state index in [0.29, 0.717) is 49.1 Å². The van der Waals surface area contributed by atoms with Crippen LogP contribution in [0.3, 0.4) is 0 Å². The average Bonchev–Trinajstić information content (AvgIpc) is 2.78. The lowest BCUT2D eigenvalue weighted by atomic mass is 10.1. The molecule has 0 atom stereocenters. The van der Waals surface area contributed by atoms with Crippen LogP contribution in [0.1, 0.15) is 15.9 Å². The van der Waals surface area contributed by atoms with E-state index >= 15 is 0 Å². The number of methoxy groups -OCH3 is 2. The van der Waals surface area contributed by atoms with E-state index in [-0.39, 0.29) is 12.5 Å². The third-order valence-corrected chi connectivity index (χ3v) is 4.63. The fraction of sp³-hybridized carbons (Fsp3) is 0.333. The van der Waals surface area contributed by atoms with Gasteiger partial charge in [0.15, 0.2) is 0 Å². The fourth-order valence-corrected chi connectivity index (χ4v) is 3.08. The second-order valence-electron chi connectivity index (χ2n) is 6.44. The summed E-state index contributed by atoms with van der Waals surface area (Å²) in [5.74, 6) is 1.19. The van der Waals surface area contributed by atoms with Gasteiger partial charge in [-0.15, -0.1) is 0 Å². The summed E-state index contributed by atoms with van der Waals surface area (Å²) in [7, 11) is 3.15. The van der Waals surface area contributed by atoms with Crippen LogP contribution in [0.5, 0.6) is 11.5 Å². The number of urea groups is 1. The number of anilines is 1. The van der Waals surface area contributed by atoms with Gasteiger partial charge in [0.25, 0.3) is 5.91 Å². The second kappa shape index (κ2) is 9.79. The summed E-state index contributed by atoms with van der Waals surface area (Å²) in [6.45, 7) is 2.35. The number of nitrogens with one attached hydrogen (secondary N) is 2. The third kappa shape index (κ3) is 5.17. The van der Waals surface area contributed by atoms with Crippen molar-refractivity contribution in [1.82, 2.24) is 10.2 Å². The Morgan fingerprint density at radius 2 is 1.83 bits per heavy atom. The molecule has 1 heterocycles. The third-order valence-electron chi connectivity index (χ3n) is 4.63. The Labute approximate surface area is 169 Å². The number of carbonyl (C=O) groups is 2. The highest BCUT2D eigenvalue weighted by molar-refractivity contribution is 6.03. The van der Waals surface area contributed by atoms with Crippen molar-refractivity contribution in [2.24, 2.45) is 0 Å². The summed E-state index contributed by atoms with van der Waals surface area (Å²) in [5, 5.41) is 5.55. The quantitative estimate of drug-likeness (QED) is 0.779. The number of amides is 3. The van der Waals surface area contributed by atoms with Gasteiger partial charge >= 0.3 is 6.03 Å². The normalized spacial score (nSPS) is 13.5. The van der Waals surface area contributed by atoms with E-state index in [4.69, 9.17) is 14.2 Å². The van der Waals surface area contributed by atoms with Gasteiger partial charge in [-0.1, -0.05) is 12.1 Å². The predicted octanol–water partition coefficient (Wildman–Crippen LogP) is 2.50. The highest BCUT2D eigenvalue weighted by Gasteiger charge is 2.21. The van der Waals surface area contributed by atoms with Crippen LogP contribution in [0.15, 0.2) is 42.5 Å². The Morgan fingerprint density at radius 1 is 1.07 bits per heavy atom. The number of ether oxygens (including phenoxy) is 3. The van der Waals surface area contributed by atoms with E-state index in [2.05, 4.69) is 10.6 Å². The molecule has 2 aromatic rings. The van der Waals surface area contributed by atoms with Crippen molar-refractivity contribution in [3.05, 3.63) is 53.6 Å². The zero-order valence-corrected chi connectivity index (χ0v) is 16.6. The first kappa shape index (κ1) is 20.5. The van der Waals surface area contributed by atoms with Crippen molar-refractivity contribution in [1.29, 1.82) is 0 Å². The Hall–Kier alpha value is -3.26. The highest BCUT2D eigenvalue weighted by atomic mass is 16.5. The van der Waals surface area contributed by atoms with E-state index < -0.39 is 6.03 Å². The maximum atomic E-state index is 12.8. The van der Waals surface area contributed by atoms with Gasteiger partial charge in [-0.05, 0) is 30.3 Å². The molecule has 1 aliphatic rings. The lowest BCUT2D eigenvalue weighted by Gasteiger charge is -2.27. The maximum absolute atomic E-state index is 12.8. The van der Waals surface area contributed by atoms with Gasteiger partial charge in [0.1, 0.15) is 11.5 Å². The molecule has 3 amide bonds. The lowest BCUT2D eigenvalue weighted by molar-refractivity contribution is 0.0303. The molecule has 0 aliphatic carbocycles. The molecule has 1 aliphatic heterocycles. The molecule has 0 unspecified atom stereocenters. The molecule has 0 bridgehead atoms. The minimum atomic E-state index is -0.419. The molecule has 154 valence electrons. The van der Waals surface area contributed by atoms with Crippen LogP contribution < -0.4 is 20.1 Å². The minimum absolute atomic E-state index is 0.126. The molecule has 0 spiro atoms. The number of rotatable bonds is 6. The number of para-hydroxylation sites is 1. The van der Waals surface area contributed by atoms with E-state index in [1.807, 2.05) is 0 Å². The number of hydrogen-bond donors (Lipinski definition) is 2. The zero-order chi connectivity index (χ0) is 20.6. The number of morpholine rings is 1. The lowest BCUT2D eigenvalue weighted by Crippen LogP contribution is -2.41. The Kier molecular flexibility index (Phi) is 6.91. The van der Waals surface area contributed by atoms with Crippen LogP contribution in [0.25, 0.3) is 0 Å². The maximum Gasteiger partial charge on any atom is 0.319 e. The van der Waals surface area contributed by atoms with Crippen molar-refractivity contribution in [3.63, 3.8) is 0 Å². The summed E-state index contributed by atoms with van der Waals surface area (Å²) in [4.78, 5) is 27.0. The molecule has 29 heavy (non-hydrogen) atoms. The topological polar surface area (TPSA) is 89.1 Å². The molecule has 2 N–H and O–H groups in total. The summed E-state index contributed by atoms with van der Waals surface area (Å²) in [5.41, 5.74) is 1.68. The van der Waals surface area contributed by atoms with Crippen molar-refractivity contribution < 1.29 is 23.8 Å². The summed E-state index contributed by atoms with van der Waals surface area (Å²) in [6, 6.07) is 11.9. The Balaban J connectivity index is 1.66. The van der Waals surface area contributed by atoms with Crippen LogP contribution in [0, 0.1) is 0 Å². The highest BCUT2D eigenvalue weighted by Crippen LogP contribution is 2.24. The summed E-state index contributed by atoms with van der Waals surface area (Å²) in [6.07, 6.45) is 0. The van der Waals surface area contributed by atoms with Crippen molar-refractivity contribution in [2.45, 2.75) is 6.54 Å². The molecule has 0 radical (unpaired) electrons. The molecule has 8 heteroatoms. The van der Waals surface area contributed by atoms with Crippen molar-refractivity contribution in [3.8, 4) is 11.5 Å². The zero-order valence-electron chi connectivity index (χ0n) is 16.6. The number of benzene rings is 2. The molecule has 8 nitrogen and oxygen atoms in total. The van der Waals surface area contributed by atoms with Gasteiger partial charge in [0.05, 0.1) is 38.7 Å². The van der Waals surface area contributed by atoms with Gasteiger partial charge in [-0.2, -0.15) is 0 Å². The molecular formula is C21H25N3O5. The van der Waals surface area contributed by atoms with Gasteiger partial charge in [-0.3, -0.25) is 4.79 Å². The van der Waals surface area contributed by atoms with E-state index in [1.165, 1.54) is 0 Å². The van der Waals surface area contributed by atoms with Crippen LogP contribution in [0.2, 0.25) is 0 Å². The van der Waals surface area contributed by atoms with Gasteiger partial charge in [-0.25, -0.2) is 4.79 Å². The molecule has 3 rings (SSSR count). The van der Waals surface area contributed by atoms with Gasteiger partial charge in [0, 0.05) is 25.2 Å². The molecule has 0 saturated carbocycles. The minimum Gasteiger partial charge on any atom is -0.497 e. The largest absolute Gasteiger partial charge is 0.497 e. The fourth-order valence-electron chi connectivity index (χ4n) is 3.08. The smallest absolute Gasteiger partial charge is 0.319 e. The molecular weight excluding hydrogens is 374 g/mol. The van der Waals surface area contributed by atoms with Gasteiger partial charge in [0.2, 0.25) is 0 Å². The van der Waals surface area contributed by atoms with E-state index in [0.717, 1.165) is 5.56 Å².